The summed E-state index contributed by atoms with van der Waals surface area (Å²) in [7, 11) is -7.44. The summed E-state index contributed by atoms with van der Waals surface area (Å²) in [6.45, 7) is 4.46. The van der Waals surface area contributed by atoms with Gasteiger partial charge < -0.3 is 5.32 Å². The molecule has 0 radical (unpaired) electrons. The van der Waals surface area contributed by atoms with Crippen molar-refractivity contribution in [3.8, 4) is 0 Å². The molecule has 34 heavy (non-hydrogen) atoms. The van der Waals surface area contributed by atoms with Crippen LogP contribution in [0.5, 0.6) is 0 Å². The average molecular weight is 512 g/mol. The van der Waals surface area contributed by atoms with Crippen LogP contribution in [0.1, 0.15) is 37.0 Å². The van der Waals surface area contributed by atoms with Gasteiger partial charge in [0, 0.05) is 25.7 Å². The second-order valence-corrected chi connectivity index (χ2v) is 12.6. The van der Waals surface area contributed by atoms with Gasteiger partial charge >= 0.3 is 0 Å². The summed E-state index contributed by atoms with van der Waals surface area (Å²) >= 11 is 0. The monoisotopic (exact) mass is 511 g/mol. The summed E-state index contributed by atoms with van der Waals surface area (Å²) in [4.78, 5) is 13.0. The Balaban J connectivity index is 1.88. The van der Waals surface area contributed by atoms with Crippen LogP contribution >= 0.6 is 0 Å². The molecular weight excluding hydrogens is 481 g/mol. The molecule has 0 aliphatic carbocycles. The molecule has 1 saturated heterocycles. The lowest BCUT2D eigenvalue weighted by atomic mass is 10.1. The van der Waals surface area contributed by atoms with Gasteiger partial charge in [0.25, 0.3) is 15.9 Å². The maximum absolute atomic E-state index is 13.7. The molecule has 3 rings (SSSR count). The summed E-state index contributed by atoms with van der Waals surface area (Å²) in [6, 6.07) is 10.9. The minimum Gasteiger partial charge on any atom is -0.349 e. The van der Waals surface area contributed by atoms with Gasteiger partial charge in [0.05, 0.1) is 17.5 Å². The number of nitrogens with one attached hydrogen (secondary N) is 1. The molecule has 0 spiro atoms. The number of anilines is 1. The Hall–Kier alpha value is -2.50. The second-order valence-electron chi connectivity index (χ2n) is 8.81. The zero-order valence-electron chi connectivity index (χ0n) is 19.4. The Bertz CT molecular complexity index is 1220. The number of piperidine rings is 1. The van der Waals surface area contributed by atoms with Gasteiger partial charge in [-0.2, -0.15) is 0 Å². The molecule has 1 heterocycles. The van der Waals surface area contributed by atoms with Crippen LogP contribution in [0.4, 0.5) is 10.1 Å². The van der Waals surface area contributed by atoms with Crippen molar-refractivity contribution in [2.24, 2.45) is 5.92 Å². The van der Waals surface area contributed by atoms with Gasteiger partial charge in [-0.3, -0.25) is 9.10 Å². The van der Waals surface area contributed by atoms with Gasteiger partial charge in [-0.15, -0.1) is 0 Å². The molecule has 8 nitrogen and oxygen atoms in total. The summed E-state index contributed by atoms with van der Waals surface area (Å²) in [5, 5.41) is 2.85. The largest absolute Gasteiger partial charge is 0.349 e. The number of hydrogen-bond acceptors (Lipinski definition) is 5. The summed E-state index contributed by atoms with van der Waals surface area (Å²) in [6.07, 6.45) is 2.02. The van der Waals surface area contributed by atoms with Crippen LogP contribution in [0.25, 0.3) is 0 Å². The van der Waals surface area contributed by atoms with E-state index in [0.29, 0.717) is 18.5 Å². The van der Waals surface area contributed by atoms with Crippen LogP contribution in [0.3, 0.4) is 0 Å². The first-order valence-corrected chi connectivity index (χ1v) is 14.3. The zero-order chi connectivity index (χ0) is 25.1. The molecule has 0 bridgehead atoms. The van der Waals surface area contributed by atoms with E-state index in [2.05, 4.69) is 5.32 Å². The van der Waals surface area contributed by atoms with Crippen molar-refractivity contribution >= 4 is 31.6 Å². The number of hydrogen-bond donors (Lipinski definition) is 1. The van der Waals surface area contributed by atoms with Gasteiger partial charge in [0.2, 0.25) is 10.0 Å². The summed E-state index contributed by atoms with van der Waals surface area (Å²) in [5.74, 6) is -1.05. The third-order valence-electron chi connectivity index (χ3n) is 5.60. The van der Waals surface area contributed by atoms with E-state index in [4.69, 9.17) is 0 Å². The number of halogens is 1. The van der Waals surface area contributed by atoms with Crippen molar-refractivity contribution in [1.29, 1.82) is 0 Å². The highest BCUT2D eigenvalue weighted by Gasteiger charge is 2.31. The first-order valence-electron chi connectivity index (χ1n) is 11.0. The van der Waals surface area contributed by atoms with E-state index in [1.807, 2.05) is 13.8 Å². The normalized spacial score (nSPS) is 15.9. The predicted octanol–water partition coefficient (Wildman–Crippen LogP) is 2.83. The van der Waals surface area contributed by atoms with Gasteiger partial charge in [0.1, 0.15) is 10.7 Å². The Kier molecular flexibility index (Phi) is 7.99. The van der Waals surface area contributed by atoms with E-state index >= 15 is 0 Å². The van der Waals surface area contributed by atoms with Crippen LogP contribution in [-0.4, -0.2) is 59.0 Å². The zero-order valence-corrected chi connectivity index (χ0v) is 21.1. The van der Waals surface area contributed by atoms with Crippen molar-refractivity contribution in [3.05, 3.63) is 59.9 Å². The molecule has 1 N–H and O–H groups in total. The van der Waals surface area contributed by atoms with Crippen molar-refractivity contribution in [3.63, 3.8) is 0 Å². The molecule has 1 aliphatic rings. The number of carbonyl (C=O) groups excluding carboxylic acids is 1. The Morgan fingerprint density at radius 2 is 1.65 bits per heavy atom. The third kappa shape index (κ3) is 6.13. The number of benzene rings is 2. The first kappa shape index (κ1) is 26.1. The van der Waals surface area contributed by atoms with E-state index in [1.54, 1.807) is 12.1 Å². The topological polar surface area (TPSA) is 104 Å². The lowest BCUT2D eigenvalue weighted by molar-refractivity contribution is 0.0920. The molecule has 0 aromatic heterocycles. The molecule has 1 aliphatic heterocycles. The average Bonchev–Trinajstić information content (AvgIpc) is 2.78. The van der Waals surface area contributed by atoms with Gasteiger partial charge in [-0.1, -0.05) is 26.0 Å². The number of carbonyl (C=O) groups is 1. The molecule has 0 unspecified atom stereocenters. The molecule has 2 aromatic carbocycles. The third-order valence-corrected chi connectivity index (χ3v) is 8.76. The molecule has 11 heteroatoms. The van der Waals surface area contributed by atoms with E-state index in [1.165, 1.54) is 45.0 Å². The highest BCUT2D eigenvalue weighted by Crippen LogP contribution is 2.27. The van der Waals surface area contributed by atoms with Gasteiger partial charge in [0.15, 0.2) is 0 Å². The molecule has 186 valence electrons. The molecule has 1 fully saturated rings. The quantitative estimate of drug-likeness (QED) is 0.587. The Morgan fingerprint density at radius 3 is 2.21 bits per heavy atom. The smallest absolute Gasteiger partial charge is 0.265 e. The van der Waals surface area contributed by atoms with E-state index in [-0.39, 0.29) is 42.1 Å². The lowest BCUT2D eigenvalue weighted by Crippen LogP contribution is -2.46. The molecule has 0 atom stereocenters. The van der Waals surface area contributed by atoms with E-state index in [9.17, 15) is 26.0 Å². The minimum absolute atomic E-state index is 0.00362. The number of amides is 1. The Morgan fingerprint density at radius 1 is 1.06 bits per heavy atom. The van der Waals surface area contributed by atoms with Crippen LogP contribution < -0.4 is 9.62 Å². The van der Waals surface area contributed by atoms with Crippen molar-refractivity contribution in [2.75, 3.05) is 30.2 Å². The maximum atomic E-state index is 13.7. The standard InChI is InChI=1S/C23H30FN3O5S2/c1-17(2)16-27(20-10-8-18(24)9-11-20)34(31,32)22-7-5-4-6-21(22)23(28)25-19-12-14-26(15-13-19)33(3,29)30/h4-11,17,19H,12-16H2,1-3H3,(H,25,28). The lowest BCUT2D eigenvalue weighted by Gasteiger charge is -2.31. The number of sulfonamides is 2. The minimum atomic E-state index is -4.14. The first-order chi connectivity index (χ1) is 15.9. The van der Waals surface area contributed by atoms with Crippen LogP contribution in [0, 0.1) is 11.7 Å². The highest BCUT2D eigenvalue weighted by molar-refractivity contribution is 7.93. The molecule has 1 amide bonds. The fourth-order valence-corrected chi connectivity index (χ4v) is 6.57. The Labute approximate surface area is 200 Å². The SMILES string of the molecule is CC(C)CN(c1ccc(F)cc1)S(=O)(=O)c1ccccc1C(=O)NC1CCN(S(C)(=O)=O)CC1. The summed E-state index contributed by atoms with van der Waals surface area (Å²) < 4.78 is 66.8. The second kappa shape index (κ2) is 10.4. The van der Waals surface area contributed by atoms with E-state index < -0.39 is 31.8 Å². The predicted molar refractivity (Wildman–Crippen MR) is 129 cm³/mol. The molecule has 2 aromatic rings. The van der Waals surface area contributed by atoms with Crippen LogP contribution in [0.2, 0.25) is 0 Å². The van der Waals surface area contributed by atoms with Crippen molar-refractivity contribution in [2.45, 2.75) is 37.6 Å². The van der Waals surface area contributed by atoms with Crippen molar-refractivity contribution < 1.29 is 26.0 Å². The fourth-order valence-electron chi connectivity index (χ4n) is 3.87. The van der Waals surface area contributed by atoms with Crippen molar-refractivity contribution in [1.82, 2.24) is 9.62 Å². The number of nitrogens with zero attached hydrogens (tertiary/aromatic N) is 2. The van der Waals surface area contributed by atoms with Crippen LogP contribution in [0.15, 0.2) is 53.4 Å². The van der Waals surface area contributed by atoms with Gasteiger partial charge in [-0.05, 0) is 55.2 Å². The maximum Gasteiger partial charge on any atom is 0.265 e. The van der Waals surface area contributed by atoms with Crippen LogP contribution in [-0.2, 0) is 20.0 Å². The fraction of sp³-hybridized carbons (Fsp3) is 0.435. The molecule has 0 saturated carbocycles. The van der Waals surface area contributed by atoms with E-state index in [0.717, 1.165) is 6.26 Å². The highest BCUT2D eigenvalue weighted by atomic mass is 32.2. The number of rotatable bonds is 8. The molecular formula is C23H30FN3O5S2. The van der Waals surface area contributed by atoms with Gasteiger partial charge in [-0.25, -0.2) is 25.5 Å². The summed E-state index contributed by atoms with van der Waals surface area (Å²) in [5.41, 5.74) is 0.308.